The summed E-state index contributed by atoms with van der Waals surface area (Å²) >= 11 is 10.4. The quantitative estimate of drug-likeness (QED) is 0.804. The Morgan fingerprint density at radius 2 is 1.95 bits per heavy atom. The molecule has 0 heterocycles. The van der Waals surface area contributed by atoms with Gasteiger partial charge in [-0.05, 0) is 61.1 Å². The summed E-state index contributed by atoms with van der Waals surface area (Å²) in [6, 6.07) is 5.68. The van der Waals surface area contributed by atoms with Crippen molar-refractivity contribution >= 4 is 30.1 Å². The molecule has 3 fully saturated rings. The lowest BCUT2D eigenvalue weighted by Gasteiger charge is -2.11. The van der Waals surface area contributed by atoms with E-state index in [1.54, 1.807) is 18.2 Å². The van der Waals surface area contributed by atoms with Crippen molar-refractivity contribution in [3.63, 3.8) is 0 Å². The average Bonchev–Trinajstić information content (AvgIpc) is 2.80. The van der Waals surface area contributed by atoms with Crippen LogP contribution in [0.4, 0.5) is 0 Å². The fourth-order valence-electron chi connectivity index (χ4n) is 4.43. The number of carbonyl (C=O) groups excluding carboxylic acids is 1. The molecule has 0 aliphatic heterocycles. The van der Waals surface area contributed by atoms with E-state index >= 15 is 0 Å². The molecular weight excluding hydrogens is 278 g/mol. The van der Waals surface area contributed by atoms with Gasteiger partial charge in [-0.1, -0.05) is 11.6 Å². The van der Waals surface area contributed by atoms with E-state index in [0.29, 0.717) is 16.6 Å². The molecule has 4 rings (SSSR count). The molecule has 1 amide bonds. The fourth-order valence-corrected chi connectivity index (χ4v) is 4.84. The smallest absolute Gasteiger partial charge is 0.253 e. The number of carbonyl (C=O) groups is 1. The zero-order valence-corrected chi connectivity index (χ0v) is 12.1. The van der Waals surface area contributed by atoms with Crippen molar-refractivity contribution in [1.29, 1.82) is 0 Å². The van der Waals surface area contributed by atoms with Crippen LogP contribution in [0.2, 0.25) is 5.02 Å². The molecule has 2 nitrogen and oxygen atoms in total. The first-order valence-corrected chi connectivity index (χ1v) is 7.77. The molecule has 4 unspecified atom stereocenters. The highest BCUT2D eigenvalue weighted by atomic mass is 35.5. The molecule has 2 bridgehead atoms. The molecule has 19 heavy (non-hydrogen) atoms. The van der Waals surface area contributed by atoms with Crippen LogP contribution in [0.15, 0.2) is 23.1 Å². The second-order valence-corrected chi connectivity index (χ2v) is 7.07. The fraction of sp³-hybridized carbons (Fsp3) is 0.533. The minimum absolute atomic E-state index is 0.0419. The van der Waals surface area contributed by atoms with Gasteiger partial charge in [0.25, 0.3) is 5.91 Å². The molecule has 0 saturated heterocycles. The van der Waals surface area contributed by atoms with Crippen molar-refractivity contribution in [3.8, 4) is 0 Å². The highest BCUT2D eigenvalue weighted by molar-refractivity contribution is 7.80. The molecule has 1 aromatic rings. The van der Waals surface area contributed by atoms with Crippen LogP contribution in [-0.2, 0) is 0 Å². The Bertz CT molecular complexity index is 545. The average molecular weight is 294 g/mol. The van der Waals surface area contributed by atoms with Gasteiger partial charge in [0.2, 0.25) is 0 Å². The minimum Gasteiger partial charge on any atom is -0.349 e. The minimum atomic E-state index is -0.0419. The van der Waals surface area contributed by atoms with Crippen LogP contribution < -0.4 is 5.32 Å². The van der Waals surface area contributed by atoms with E-state index in [2.05, 4.69) is 17.9 Å². The van der Waals surface area contributed by atoms with E-state index in [-0.39, 0.29) is 5.91 Å². The summed E-state index contributed by atoms with van der Waals surface area (Å²) in [5.41, 5.74) is 0.548. The molecule has 100 valence electrons. The predicted octanol–water partition coefficient (Wildman–Crippen LogP) is 3.40. The molecule has 3 aliphatic carbocycles. The molecule has 3 saturated carbocycles. The maximum atomic E-state index is 12.3. The van der Waals surface area contributed by atoms with Gasteiger partial charge >= 0.3 is 0 Å². The van der Waals surface area contributed by atoms with Gasteiger partial charge in [0.05, 0.1) is 10.6 Å². The predicted molar refractivity (Wildman–Crippen MR) is 77.8 cm³/mol. The van der Waals surface area contributed by atoms with Crippen LogP contribution in [-0.4, -0.2) is 11.9 Å². The monoisotopic (exact) mass is 293 g/mol. The second-order valence-electron chi connectivity index (χ2n) is 6.15. The normalized spacial score (nSPS) is 38.1. The van der Waals surface area contributed by atoms with Crippen molar-refractivity contribution in [2.45, 2.75) is 30.2 Å². The van der Waals surface area contributed by atoms with Crippen LogP contribution in [0, 0.1) is 23.7 Å². The van der Waals surface area contributed by atoms with E-state index in [0.717, 1.165) is 28.6 Å². The van der Waals surface area contributed by atoms with Crippen molar-refractivity contribution in [2.24, 2.45) is 23.7 Å². The molecule has 3 aliphatic rings. The highest BCUT2D eigenvalue weighted by Gasteiger charge is 2.65. The van der Waals surface area contributed by atoms with Crippen LogP contribution in [0.25, 0.3) is 0 Å². The summed E-state index contributed by atoms with van der Waals surface area (Å²) in [4.78, 5) is 13.1. The Kier molecular flexibility index (Phi) is 2.65. The first-order valence-electron chi connectivity index (χ1n) is 6.94. The Hall–Kier alpha value is -0.670. The number of rotatable bonds is 2. The van der Waals surface area contributed by atoms with Gasteiger partial charge in [-0.25, -0.2) is 0 Å². The lowest BCUT2D eigenvalue weighted by molar-refractivity contribution is 0.0944. The zero-order chi connectivity index (χ0) is 13.1. The summed E-state index contributed by atoms with van der Waals surface area (Å²) < 4.78 is 0. The Morgan fingerprint density at radius 3 is 2.63 bits per heavy atom. The molecule has 1 aromatic carbocycles. The maximum absolute atomic E-state index is 12.3. The van der Waals surface area contributed by atoms with Crippen LogP contribution in [0.5, 0.6) is 0 Å². The van der Waals surface area contributed by atoms with Crippen molar-refractivity contribution in [3.05, 3.63) is 28.8 Å². The van der Waals surface area contributed by atoms with Crippen molar-refractivity contribution < 1.29 is 4.79 Å². The first kappa shape index (κ1) is 12.1. The van der Waals surface area contributed by atoms with E-state index in [1.807, 2.05) is 0 Å². The molecule has 1 N–H and O–H groups in total. The van der Waals surface area contributed by atoms with Gasteiger partial charge in [-0.2, -0.15) is 0 Å². The summed E-state index contributed by atoms with van der Waals surface area (Å²) in [7, 11) is 0. The lowest BCUT2D eigenvalue weighted by atomic mass is 10.0. The number of thiol groups is 1. The zero-order valence-electron chi connectivity index (χ0n) is 10.5. The summed E-state index contributed by atoms with van der Waals surface area (Å²) in [6.45, 7) is 0. The van der Waals surface area contributed by atoms with Crippen LogP contribution in [0.3, 0.4) is 0 Å². The number of hydrogen-bond donors (Lipinski definition) is 2. The molecule has 0 spiro atoms. The summed E-state index contributed by atoms with van der Waals surface area (Å²) in [5.74, 6) is 3.19. The van der Waals surface area contributed by atoms with Gasteiger partial charge in [0.15, 0.2) is 0 Å². The van der Waals surface area contributed by atoms with Crippen LogP contribution in [0.1, 0.15) is 29.6 Å². The van der Waals surface area contributed by atoms with Gasteiger partial charge in [-0.3, -0.25) is 4.79 Å². The molecular formula is C15H16ClNOS. The molecule has 4 atom stereocenters. The number of nitrogens with one attached hydrogen (secondary N) is 1. The standard InChI is InChI=1S/C15H16ClNOS/c16-11-4-3-9(19)6-10(11)15(18)17-14-12-7-1-2-8(5-7)13(12)14/h3-4,6-8,12-14,19H,1-2,5H2,(H,17,18). The van der Waals surface area contributed by atoms with Crippen molar-refractivity contribution in [2.75, 3.05) is 0 Å². The van der Waals surface area contributed by atoms with E-state index < -0.39 is 0 Å². The number of benzene rings is 1. The third kappa shape index (κ3) is 1.82. The van der Waals surface area contributed by atoms with Crippen molar-refractivity contribution in [1.82, 2.24) is 5.32 Å². The molecule has 0 radical (unpaired) electrons. The topological polar surface area (TPSA) is 29.1 Å². The number of halogens is 1. The van der Waals surface area contributed by atoms with E-state index in [9.17, 15) is 4.79 Å². The molecule has 0 aromatic heterocycles. The van der Waals surface area contributed by atoms with Gasteiger partial charge in [-0.15, -0.1) is 12.6 Å². The Labute approximate surface area is 123 Å². The largest absolute Gasteiger partial charge is 0.349 e. The first-order chi connectivity index (χ1) is 9.15. The summed E-state index contributed by atoms with van der Waals surface area (Å²) in [5, 5.41) is 3.69. The van der Waals surface area contributed by atoms with Gasteiger partial charge in [0.1, 0.15) is 0 Å². The highest BCUT2D eigenvalue weighted by Crippen LogP contribution is 2.65. The van der Waals surface area contributed by atoms with Gasteiger partial charge < -0.3 is 5.32 Å². The summed E-state index contributed by atoms with van der Waals surface area (Å²) in [6.07, 6.45) is 4.13. The number of hydrogen-bond acceptors (Lipinski definition) is 2. The maximum Gasteiger partial charge on any atom is 0.253 e. The van der Waals surface area contributed by atoms with E-state index in [4.69, 9.17) is 11.6 Å². The molecule has 4 heteroatoms. The second kappa shape index (κ2) is 4.16. The van der Waals surface area contributed by atoms with Crippen LogP contribution >= 0.6 is 24.2 Å². The number of fused-ring (bicyclic) bond motifs is 5. The number of amides is 1. The SMILES string of the molecule is O=C(NC1C2C3CCC(C3)C12)c1cc(S)ccc1Cl. The third-order valence-electron chi connectivity index (χ3n) is 5.23. The Morgan fingerprint density at radius 1 is 1.26 bits per heavy atom. The lowest BCUT2D eigenvalue weighted by Crippen LogP contribution is -2.30. The Balaban J connectivity index is 1.50. The third-order valence-corrected chi connectivity index (χ3v) is 5.84. The van der Waals surface area contributed by atoms with E-state index in [1.165, 1.54) is 19.3 Å². The van der Waals surface area contributed by atoms with Gasteiger partial charge in [0, 0.05) is 10.9 Å².